The lowest BCUT2D eigenvalue weighted by atomic mass is 9.91. The number of para-hydroxylation sites is 1. The second-order valence-electron chi connectivity index (χ2n) is 7.27. The summed E-state index contributed by atoms with van der Waals surface area (Å²) >= 11 is 0. The molecule has 0 spiro atoms. The van der Waals surface area contributed by atoms with E-state index >= 15 is 0 Å². The number of sulfonamides is 1. The van der Waals surface area contributed by atoms with Gasteiger partial charge in [-0.3, -0.25) is 9.52 Å². The van der Waals surface area contributed by atoms with E-state index in [2.05, 4.69) is 18.6 Å². The summed E-state index contributed by atoms with van der Waals surface area (Å²) in [6.07, 6.45) is 1.07. The number of amides is 1. The Morgan fingerprint density at radius 3 is 2.41 bits per heavy atom. The minimum absolute atomic E-state index is 0.0743. The normalized spacial score (nSPS) is 20.3. The van der Waals surface area contributed by atoms with Gasteiger partial charge in [0.1, 0.15) is 5.82 Å². The molecule has 1 aliphatic rings. The lowest BCUT2D eigenvalue weighted by Gasteiger charge is -2.35. The number of anilines is 1. The van der Waals surface area contributed by atoms with Gasteiger partial charge < -0.3 is 4.90 Å². The number of carbonyl (C=O) groups is 1. The van der Waals surface area contributed by atoms with Crippen molar-refractivity contribution >= 4 is 21.6 Å². The molecular formula is C20H23FN2O3S. The van der Waals surface area contributed by atoms with E-state index in [1.54, 1.807) is 17.0 Å². The van der Waals surface area contributed by atoms with Crippen molar-refractivity contribution in [2.24, 2.45) is 11.8 Å². The maximum Gasteiger partial charge on any atom is 0.262 e. The van der Waals surface area contributed by atoms with E-state index in [0.717, 1.165) is 6.42 Å². The summed E-state index contributed by atoms with van der Waals surface area (Å²) in [7, 11) is -4.00. The molecule has 0 radical (unpaired) electrons. The Labute approximate surface area is 159 Å². The second kappa shape index (κ2) is 7.68. The number of hydrogen-bond donors (Lipinski definition) is 1. The molecule has 2 aromatic rings. The number of nitrogens with zero attached hydrogens (tertiary/aromatic N) is 1. The van der Waals surface area contributed by atoms with Crippen LogP contribution in [-0.4, -0.2) is 32.3 Å². The molecule has 1 aliphatic heterocycles. The van der Waals surface area contributed by atoms with Crippen molar-refractivity contribution in [2.75, 3.05) is 17.8 Å². The Hall–Kier alpha value is -2.41. The Morgan fingerprint density at radius 2 is 1.74 bits per heavy atom. The van der Waals surface area contributed by atoms with Crippen molar-refractivity contribution in [1.82, 2.24) is 4.90 Å². The van der Waals surface area contributed by atoms with Crippen LogP contribution in [0.3, 0.4) is 0 Å². The lowest BCUT2D eigenvalue weighted by molar-refractivity contribution is 0.0623. The number of halogens is 1. The summed E-state index contributed by atoms with van der Waals surface area (Å²) in [6, 6.07) is 11.4. The summed E-state index contributed by atoms with van der Waals surface area (Å²) in [4.78, 5) is 14.5. The van der Waals surface area contributed by atoms with Gasteiger partial charge in [-0.05, 0) is 48.6 Å². The number of rotatable bonds is 4. The predicted molar refractivity (Wildman–Crippen MR) is 102 cm³/mol. The summed E-state index contributed by atoms with van der Waals surface area (Å²) in [5, 5.41) is 0. The van der Waals surface area contributed by atoms with Gasteiger partial charge in [-0.1, -0.05) is 32.0 Å². The number of hydrogen-bond acceptors (Lipinski definition) is 3. The molecule has 7 heteroatoms. The van der Waals surface area contributed by atoms with Gasteiger partial charge in [-0.25, -0.2) is 12.8 Å². The zero-order chi connectivity index (χ0) is 19.6. The second-order valence-corrected chi connectivity index (χ2v) is 8.95. The molecule has 1 N–H and O–H groups in total. The molecule has 1 fully saturated rings. The first-order valence-corrected chi connectivity index (χ1v) is 10.4. The Kier molecular flexibility index (Phi) is 5.51. The van der Waals surface area contributed by atoms with Crippen molar-refractivity contribution < 1.29 is 17.6 Å². The van der Waals surface area contributed by atoms with Crippen LogP contribution >= 0.6 is 0 Å². The molecule has 1 amide bonds. The Balaban J connectivity index is 1.84. The van der Waals surface area contributed by atoms with Crippen LogP contribution in [0.15, 0.2) is 53.4 Å². The highest BCUT2D eigenvalue weighted by Gasteiger charge is 2.27. The highest BCUT2D eigenvalue weighted by molar-refractivity contribution is 7.92. The Bertz CT molecular complexity index is 936. The fourth-order valence-corrected chi connectivity index (χ4v) is 4.67. The smallest absolute Gasteiger partial charge is 0.262 e. The minimum Gasteiger partial charge on any atom is -0.338 e. The zero-order valence-electron chi connectivity index (χ0n) is 15.4. The molecule has 5 nitrogen and oxygen atoms in total. The van der Waals surface area contributed by atoms with Crippen molar-refractivity contribution in [1.29, 1.82) is 0 Å². The molecule has 0 aromatic heterocycles. The molecule has 2 atom stereocenters. The monoisotopic (exact) mass is 390 g/mol. The highest BCUT2D eigenvalue weighted by Crippen LogP contribution is 2.24. The fraction of sp³-hybridized carbons (Fsp3) is 0.350. The molecule has 2 aromatic carbocycles. The SMILES string of the molecule is C[C@@H]1C[C@H](C)CN(C(=O)c2cccc(S(=O)(=O)Nc3ccccc3F)c2)C1. The lowest BCUT2D eigenvalue weighted by Crippen LogP contribution is -2.42. The highest BCUT2D eigenvalue weighted by atomic mass is 32.2. The van der Waals surface area contributed by atoms with E-state index in [4.69, 9.17) is 0 Å². The molecule has 0 bridgehead atoms. The van der Waals surface area contributed by atoms with Crippen LogP contribution < -0.4 is 4.72 Å². The van der Waals surface area contributed by atoms with Crippen LogP contribution in [0.5, 0.6) is 0 Å². The number of carbonyl (C=O) groups excluding carboxylic acids is 1. The van der Waals surface area contributed by atoms with E-state index in [1.165, 1.54) is 36.4 Å². The third kappa shape index (κ3) is 4.47. The van der Waals surface area contributed by atoms with E-state index in [1.807, 2.05) is 0 Å². The average Bonchev–Trinajstić information content (AvgIpc) is 2.62. The van der Waals surface area contributed by atoms with Gasteiger partial charge in [0.05, 0.1) is 10.6 Å². The van der Waals surface area contributed by atoms with Crippen LogP contribution in [0.2, 0.25) is 0 Å². The third-order valence-electron chi connectivity index (χ3n) is 4.67. The van der Waals surface area contributed by atoms with Gasteiger partial charge in [0, 0.05) is 18.7 Å². The number of nitrogens with one attached hydrogen (secondary N) is 1. The van der Waals surface area contributed by atoms with Crippen molar-refractivity contribution in [3.63, 3.8) is 0 Å². The largest absolute Gasteiger partial charge is 0.338 e. The molecule has 3 rings (SSSR count). The fourth-order valence-electron chi connectivity index (χ4n) is 3.56. The summed E-state index contributed by atoms with van der Waals surface area (Å²) < 4.78 is 41.2. The molecule has 144 valence electrons. The van der Waals surface area contributed by atoms with Crippen molar-refractivity contribution in [2.45, 2.75) is 25.2 Å². The Morgan fingerprint density at radius 1 is 1.07 bits per heavy atom. The molecule has 0 unspecified atom stereocenters. The predicted octanol–water partition coefficient (Wildman–Crippen LogP) is 3.74. The zero-order valence-corrected chi connectivity index (χ0v) is 16.2. The molecule has 27 heavy (non-hydrogen) atoms. The van der Waals surface area contributed by atoms with Crippen LogP contribution in [0.1, 0.15) is 30.6 Å². The van der Waals surface area contributed by atoms with Crippen LogP contribution in [0, 0.1) is 17.7 Å². The summed E-state index contributed by atoms with van der Waals surface area (Å²) in [6.45, 7) is 5.53. The van der Waals surface area contributed by atoms with E-state index in [0.29, 0.717) is 30.5 Å². The van der Waals surface area contributed by atoms with Gasteiger partial charge in [0.25, 0.3) is 15.9 Å². The quantitative estimate of drug-likeness (QED) is 0.865. The van der Waals surface area contributed by atoms with Gasteiger partial charge in [0.15, 0.2) is 0 Å². The molecule has 1 saturated heterocycles. The average molecular weight is 390 g/mol. The maximum absolute atomic E-state index is 13.8. The summed E-state index contributed by atoms with van der Waals surface area (Å²) in [5.74, 6) is -0.0272. The van der Waals surface area contributed by atoms with Crippen LogP contribution in [0.25, 0.3) is 0 Å². The standard InChI is InChI=1S/C20H23FN2O3S/c1-14-10-15(2)13-23(12-14)20(24)16-6-5-7-17(11-16)27(25,26)22-19-9-4-3-8-18(19)21/h3-9,11,14-15,22H,10,12-13H2,1-2H3/t14-,15+. The van der Waals surface area contributed by atoms with E-state index in [-0.39, 0.29) is 16.5 Å². The van der Waals surface area contributed by atoms with E-state index in [9.17, 15) is 17.6 Å². The van der Waals surface area contributed by atoms with Gasteiger partial charge in [-0.2, -0.15) is 0 Å². The van der Waals surface area contributed by atoms with Gasteiger partial charge in [0.2, 0.25) is 0 Å². The first-order chi connectivity index (χ1) is 12.8. The maximum atomic E-state index is 13.8. The van der Waals surface area contributed by atoms with Gasteiger partial charge in [-0.15, -0.1) is 0 Å². The first-order valence-electron chi connectivity index (χ1n) is 8.93. The third-order valence-corrected chi connectivity index (χ3v) is 6.03. The molecule has 0 aliphatic carbocycles. The number of likely N-dealkylation sites (tertiary alicyclic amines) is 1. The number of piperidine rings is 1. The van der Waals surface area contributed by atoms with Crippen LogP contribution in [-0.2, 0) is 10.0 Å². The molecule has 1 heterocycles. The number of benzene rings is 2. The van der Waals surface area contributed by atoms with Crippen molar-refractivity contribution in [3.8, 4) is 0 Å². The molecule has 0 saturated carbocycles. The van der Waals surface area contributed by atoms with Crippen molar-refractivity contribution in [3.05, 3.63) is 59.9 Å². The summed E-state index contributed by atoms with van der Waals surface area (Å²) in [5.41, 5.74) is 0.181. The topological polar surface area (TPSA) is 66.5 Å². The minimum atomic E-state index is -4.00. The van der Waals surface area contributed by atoms with Crippen LogP contribution in [0.4, 0.5) is 10.1 Å². The first kappa shape index (κ1) is 19.4. The van der Waals surface area contributed by atoms with E-state index < -0.39 is 15.8 Å². The van der Waals surface area contributed by atoms with Gasteiger partial charge >= 0.3 is 0 Å². The molecular weight excluding hydrogens is 367 g/mol.